The number of nitrogens with zero attached hydrogens (tertiary/aromatic N) is 2. The van der Waals surface area contributed by atoms with Crippen LogP contribution in [0.15, 0.2) is 12.4 Å². The second-order valence-corrected chi connectivity index (χ2v) is 9.13. The monoisotopic (exact) mass is 392 g/mol. The van der Waals surface area contributed by atoms with Gasteiger partial charge in [-0.1, -0.05) is 123 Å². The first kappa shape index (κ1) is 25.4. The van der Waals surface area contributed by atoms with E-state index < -0.39 is 0 Å². The van der Waals surface area contributed by atoms with Crippen molar-refractivity contribution in [3.05, 3.63) is 12.4 Å². The molecular weight excluding hydrogens is 340 g/mol. The number of unbranched alkanes of at least 4 members (excludes halogenated alkanes) is 16. The van der Waals surface area contributed by atoms with Gasteiger partial charge in [-0.05, 0) is 12.8 Å². The van der Waals surface area contributed by atoms with Crippen molar-refractivity contribution in [3.63, 3.8) is 0 Å². The Morgan fingerprint density at radius 2 is 0.964 bits per heavy atom. The Kier molecular flexibility index (Phi) is 16.7. The second kappa shape index (κ2) is 18.4. The van der Waals surface area contributed by atoms with Crippen LogP contribution in [0, 0.1) is 0 Å². The third-order valence-corrected chi connectivity index (χ3v) is 6.41. The van der Waals surface area contributed by atoms with E-state index in [0.29, 0.717) is 6.17 Å². The van der Waals surface area contributed by atoms with Crippen LogP contribution in [0.5, 0.6) is 0 Å². The van der Waals surface area contributed by atoms with E-state index in [4.69, 9.17) is 0 Å². The van der Waals surface area contributed by atoms with Gasteiger partial charge in [0, 0.05) is 26.0 Å². The molecule has 1 atom stereocenters. The van der Waals surface area contributed by atoms with Gasteiger partial charge in [-0.15, -0.1) is 0 Å². The van der Waals surface area contributed by atoms with Crippen LogP contribution in [0.3, 0.4) is 0 Å². The molecule has 1 aliphatic heterocycles. The normalized spacial score (nSPS) is 16.5. The van der Waals surface area contributed by atoms with Gasteiger partial charge in [-0.25, -0.2) is 0 Å². The van der Waals surface area contributed by atoms with Gasteiger partial charge in [-0.3, -0.25) is 0 Å². The van der Waals surface area contributed by atoms with Crippen LogP contribution < -0.4 is 0 Å². The van der Waals surface area contributed by atoms with E-state index in [-0.39, 0.29) is 0 Å². The first-order chi connectivity index (χ1) is 13.8. The summed E-state index contributed by atoms with van der Waals surface area (Å²) < 4.78 is 0. The zero-order valence-corrected chi connectivity index (χ0v) is 19.8. The van der Waals surface area contributed by atoms with Crippen molar-refractivity contribution in [1.82, 2.24) is 9.80 Å². The molecule has 0 aromatic heterocycles. The van der Waals surface area contributed by atoms with E-state index in [1.165, 1.54) is 129 Å². The molecule has 0 N–H and O–H groups in total. The summed E-state index contributed by atoms with van der Waals surface area (Å²) in [4.78, 5) is 4.92. The summed E-state index contributed by atoms with van der Waals surface area (Å²) in [7, 11) is 2.21. The Bertz CT molecular complexity index is 352. The minimum atomic E-state index is 0.617. The first-order valence-corrected chi connectivity index (χ1v) is 13.0. The van der Waals surface area contributed by atoms with Crippen LogP contribution in [-0.4, -0.2) is 29.6 Å². The standard InChI is InChI=1S/C26H52N2/c1-4-6-7-8-9-10-11-12-13-14-15-16-17-18-19-20-21-23-28-25-24-27(3)26(28)22-5-2/h24-26H,4-23H2,1-3H3. The lowest BCUT2D eigenvalue weighted by Gasteiger charge is -2.30. The quantitative estimate of drug-likeness (QED) is 0.192. The first-order valence-electron chi connectivity index (χ1n) is 13.0. The summed E-state index contributed by atoms with van der Waals surface area (Å²) >= 11 is 0. The smallest absolute Gasteiger partial charge is 0.100 e. The third-order valence-electron chi connectivity index (χ3n) is 6.41. The molecule has 0 aliphatic carbocycles. The van der Waals surface area contributed by atoms with Crippen LogP contribution >= 0.6 is 0 Å². The minimum absolute atomic E-state index is 0.617. The van der Waals surface area contributed by atoms with Crippen molar-refractivity contribution < 1.29 is 0 Å². The lowest BCUT2D eigenvalue weighted by molar-refractivity contribution is 0.162. The number of hydrogen-bond donors (Lipinski definition) is 0. The van der Waals surface area contributed by atoms with Gasteiger partial charge < -0.3 is 9.80 Å². The average Bonchev–Trinajstić information content (AvgIpc) is 3.04. The molecule has 0 saturated carbocycles. The molecule has 0 aromatic carbocycles. The van der Waals surface area contributed by atoms with Gasteiger partial charge in [0.1, 0.15) is 6.17 Å². The Hall–Kier alpha value is -0.660. The zero-order chi connectivity index (χ0) is 20.3. The number of hydrogen-bond acceptors (Lipinski definition) is 2. The molecule has 1 unspecified atom stereocenters. The molecule has 0 saturated heterocycles. The Balaban J connectivity index is 1.77. The summed E-state index contributed by atoms with van der Waals surface area (Å²) in [5, 5.41) is 0. The van der Waals surface area contributed by atoms with Gasteiger partial charge in [0.2, 0.25) is 0 Å². The molecule has 1 heterocycles. The van der Waals surface area contributed by atoms with E-state index in [2.05, 4.69) is 43.1 Å². The van der Waals surface area contributed by atoms with Gasteiger partial charge in [0.25, 0.3) is 0 Å². The third kappa shape index (κ3) is 12.7. The zero-order valence-electron chi connectivity index (χ0n) is 19.8. The van der Waals surface area contributed by atoms with Gasteiger partial charge in [0.05, 0.1) is 0 Å². The Morgan fingerprint density at radius 1 is 0.536 bits per heavy atom. The van der Waals surface area contributed by atoms with Crippen LogP contribution in [0.2, 0.25) is 0 Å². The van der Waals surface area contributed by atoms with Crippen molar-refractivity contribution in [3.8, 4) is 0 Å². The molecule has 0 fully saturated rings. The van der Waals surface area contributed by atoms with Crippen molar-refractivity contribution in [2.45, 2.75) is 142 Å². The lowest BCUT2D eigenvalue weighted by atomic mass is 10.0. The van der Waals surface area contributed by atoms with Gasteiger partial charge in [-0.2, -0.15) is 0 Å². The van der Waals surface area contributed by atoms with E-state index in [1.54, 1.807) is 0 Å². The summed E-state index contributed by atoms with van der Waals surface area (Å²) in [5.41, 5.74) is 0. The predicted molar refractivity (Wildman–Crippen MR) is 126 cm³/mol. The highest BCUT2D eigenvalue weighted by molar-refractivity contribution is 4.95. The Morgan fingerprint density at radius 3 is 1.39 bits per heavy atom. The van der Waals surface area contributed by atoms with E-state index in [0.717, 1.165) is 0 Å². The highest BCUT2D eigenvalue weighted by atomic mass is 15.4. The van der Waals surface area contributed by atoms with E-state index in [9.17, 15) is 0 Å². The maximum atomic E-state index is 2.55. The molecule has 0 aromatic rings. The summed E-state index contributed by atoms with van der Waals surface area (Å²) in [5.74, 6) is 0. The Labute approximate surface area is 178 Å². The molecule has 28 heavy (non-hydrogen) atoms. The summed E-state index contributed by atoms with van der Waals surface area (Å²) in [6.45, 7) is 5.83. The highest BCUT2D eigenvalue weighted by Gasteiger charge is 2.21. The average molecular weight is 393 g/mol. The van der Waals surface area contributed by atoms with Crippen LogP contribution in [-0.2, 0) is 0 Å². The predicted octanol–water partition coefficient (Wildman–Crippen LogP) is 8.48. The molecule has 2 heteroatoms. The molecular formula is C26H52N2. The van der Waals surface area contributed by atoms with E-state index in [1.807, 2.05) is 0 Å². The van der Waals surface area contributed by atoms with Crippen molar-refractivity contribution in [1.29, 1.82) is 0 Å². The lowest BCUT2D eigenvalue weighted by Crippen LogP contribution is -2.36. The topological polar surface area (TPSA) is 6.48 Å². The molecule has 1 aliphatic rings. The second-order valence-electron chi connectivity index (χ2n) is 9.13. The molecule has 0 bridgehead atoms. The van der Waals surface area contributed by atoms with Crippen LogP contribution in [0.4, 0.5) is 0 Å². The van der Waals surface area contributed by atoms with E-state index >= 15 is 0 Å². The molecule has 2 nitrogen and oxygen atoms in total. The largest absolute Gasteiger partial charge is 0.359 e. The van der Waals surface area contributed by atoms with Crippen molar-refractivity contribution in [2.24, 2.45) is 0 Å². The maximum Gasteiger partial charge on any atom is 0.100 e. The molecule has 0 radical (unpaired) electrons. The molecule has 0 amide bonds. The summed E-state index contributed by atoms with van der Waals surface area (Å²) in [6.07, 6.45) is 32.4. The molecule has 166 valence electrons. The van der Waals surface area contributed by atoms with Gasteiger partial charge in [0.15, 0.2) is 0 Å². The minimum Gasteiger partial charge on any atom is -0.359 e. The SMILES string of the molecule is CCCCCCCCCCCCCCCCCCCN1C=CN(C)C1CCC. The fourth-order valence-electron chi connectivity index (χ4n) is 4.49. The molecule has 1 rings (SSSR count). The fraction of sp³-hybridized carbons (Fsp3) is 0.923. The van der Waals surface area contributed by atoms with Crippen molar-refractivity contribution >= 4 is 0 Å². The van der Waals surface area contributed by atoms with Crippen LogP contribution in [0.1, 0.15) is 136 Å². The van der Waals surface area contributed by atoms with Crippen molar-refractivity contribution in [2.75, 3.05) is 13.6 Å². The number of rotatable bonds is 20. The maximum absolute atomic E-state index is 2.55. The summed E-state index contributed by atoms with van der Waals surface area (Å²) in [6, 6.07) is 0. The fourth-order valence-corrected chi connectivity index (χ4v) is 4.49. The van der Waals surface area contributed by atoms with Crippen LogP contribution in [0.25, 0.3) is 0 Å². The highest BCUT2D eigenvalue weighted by Crippen LogP contribution is 2.19. The molecule has 0 spiro atoms. The van der Waals surface area contributed by atoms with Gasteiger partial charge >= 0.3 is 0 Å².